The van der Waals surface area contributed by atoms with Crippen LogP contribution in [0.1, 0.15) is 43.4 Å². The quantitative estimate of drug-likeness (QED) is 0.888. The minimum Gasteiger partial charge on any atom is -0.508 e. The van der Waals surface area contributed by atoms with Crippen LogP contribution in [0.5, 0.6) is 5.75 Å². The maximum absolute atomic E-state index is 10.1. The number of hydrogen-bond acceptors (Lipinski definition) is 3. The van der Waals surface area contributed by atoms with Crippen LogP contribution in [-0.4, -0.2) is 35.8 Å². The fourth-order valence-electron chi connectivity index (χ4n) is 3.58. The molecule has 1 heterocycles. The molecule has 0 saturated carbocycles. The van der Waals surface area contributed by atoms with E-state index in [1.54, 1.807) is 0 Å². The molecule has 2 unspecified atom stereocenters. The first-order valence-electron chi connectivity index (χ1n) is 7.45. The highest BCUT2D eigenvalue weighted by molar-refractivity contribution is 5.42. The molecule has 1 fully saturated rings. The first-order chi connectivity index (χ1) is 9.31. The second-order valence-electron chi connectivity index (χ2n) is 5.63. The third-order valence-electron chi connectivity index (χ3n) is 4.60. The average molecular weight is 261 g/mol. The molecule has 2 aliphatic rings. The Bertz CT molecular complexity index is 446. The lowest BCUT2D eigenvalue weighted by Crippen LogP contribution is -2.47. The van der Waals surface area contributed by atoms with Gasteiger partial charge in [0.15, 0.2) is 0 Å². The van der Waals surface area contributed by atoms with Crippen LogP contribution >= 0.6 is 0 Å². The largest absolute Gasteiger partial charge is 0.508 e. The minimum absolute atomic E-state index is 0.463. The number of benzene rings is 1. The molecular weight excluding hydrogens is 238 g/mol. The molecule has 2 atom stereocenters. The summed E-state index contributed by atoms with van der Waals surface area (Å²) in [5.41, 5.74) is 2.51. The molecule has 1 aromatic rings. The van der Waals surface area contributed by atoms with E-state index in [0.717, 1.165) is 32.6 Å². The van der Waals surface area contributed by atoms with Gasteiger partial charge in [0, 0.05) is 18.6 Å². The minimum atomic E-state index is 0.463. The second kappa shape index (κ2) is 5.51. The number of phenolic OH excluding ortho intramolecular Hbond substituents is 1. The van der Waals surface area contributed by atoms with Crippen LogP contribution < -0.4 is 0 Å². The van der Waals surface area contributed by atoms with Gasteiger partial charge in [0.25, 0.3) is 0 Å². The lowest BCUT2D eigenvalue weighted by atomic mass is 9.85. The van der Waals surface area contributed by atoms with E-state index in [4.69, 9.17) is 4.74 Å². The summed E-state index contributed by atoms with van der Waals surface area (Å²) in [4.78, 5) is 2.60. The lowest BCUT2D eigenvalue weighted by molar-refractivity contribution is -0.0342. The van der Waals surface area contributed by atoms with Crippen LogP contribution in [0.25, 0.3) is 0 Å². The predicted octanol–water partition coefficient (Wildman–Crippen LogP) is 2.88. The third kappa shape index (κ3) is 2.37. The van der Waals surface area contributed by atoms with Gasteiger partial charge in [0.2, 0.25) is 0 Å². The molecule has 3 rings (SSSR count). The number of nitrogens with zero attached hydrogens (tertiary/aromatic N) is 1. The normalized spacial score (nSPS) is 28.1. The zero-order chi connectivity index (χ0) is 13.2. The monoisotopic (exact) mass is 261 g/mol. The summed E-state index contributed by atoms with van der Waals surface area (Å²) in [6.45, 7) is 4.93. The highest BCUT2D eigenvalue weighted by Crippen LogP contribution is 2.39. The number of fused-ring (bicyclic) bond motifs is 1. The van der Waals surface area contributed by atoms with Crippen molar-refractivity contribution >= 4 is 0 Å². The zero-order valence-corrected chi connectivity index (χ0v) is 11.6. The van der Waals surface area contributed by atoms with E-state index in [1.165, 1.54) is 24.0 Å². The Morgan fingerprint density at radius 3 is 3.16 bits per heavy atom. The molecule has 0 aromatic heterocycles. The van der Waals surface area contributed by atoms with Crippen LogP contribution in [0.15, 0.2) is 18.2 Å². The summed E-state index contributed by atoms with van der Waals surface area (Å²) in [7, 11) is 0. The molecule has 1 aliphatic heterocycles. The fourth-order valence-corrected chi connectivity index (χ4v) is 3.58. The molecular formula is C16H23NO2. The molecule has 0 bridgehead atoms. The lowest BCUT2D eigenvalue weighted by Gasteiger charge is -2.43. The molecule has 104 valence electrons. The molecule has 3 nitrogen and oxygen atoms in total. The van der Waals surface area contributed by atoms with Crippen LogP contribution in [0.4, 0.5) is 0 Å². The maximum atomic E-state index is 10.1. The Hall–Kier alpha value is -1.06. The van der Waals surface area contributed by atoms with Crippen LogP contribution in [0, 0.1) is 0 Å². The van der Waals surface area contributed by atoms with Gasteiger partial charge in [-0.05, 0) is 42.9 Å². The third-order valence-corrected chi connectivity index (χ3v) is 4.60. The molecule has 19 heavy (non-hydrogen) atoms. The first kappa shape index (κ1) is 12.9. The zero-order valence-electron chi connectivity index (χ0n) is 11.6. The number of morpholine rings is 1. The van der Waals surface area contributed by atoms with Crippen molar-refractivity contribution in [2.75, 3.05) is 19.8 Å². The average Bonchev–Trinajstić information content (AvgIpc) is 2.47. The van der Waals surface area contributed by atoms with Crippen LogP contribution in [0.2, 0.25) is 0 Å². The molecule has 0 spiro atoms. The Kier molecular flexibility index (Phi) is 3.76. The van der Waals surface area contributed by atoms with E-state index in [9.17, 15) is 5.11 Å². The number of aromatic hydroxyl groups is 1. The summed E-state index contributed by atoms with van der Waals surface area (Å²) >= 11 is 0. The van der Waals surface area contributed by atoms with Crippen LogP contribution in [-0.2, 0) is 11.2 Å². The molecule has 0 radical (unpaired) electrons. The van der Waals surface area contributed by atoms with Gasteiger partial charge in [0.1, 0.15) is 5.75 Å². The number of phenols is 1. The highest BCUT2D eigenvalue weighted by atomic mass is 16.5. The van der Waals surface area contributed by atoms with Crippen molar-refractivity contribution in [1.82, 2.24) is 4.90 Å². The van der Waals surface area contributed by atoms with Crippen molar-refractivity contribution in [3.63, 3.8) is 0 Å². The number of rotatable bonds is 2. The summed E-state index contributed by atoms with van der Waals surface area (Å²) in [6.07, 6.45) is 4.51. The Morgan fingerprint density at radius 1 is 1.42 bits per heavy atom. The van der Waals surface area contributed by atoms with Gasteiger partial charge in [-0.1, -0.05) is 19.1 Å². The van der Waals surface area contributed by atoms with E-state index in [1.807, 2.05) is 12.1 Å². The second-order valence-corrected chi connectivity index (χ2v) is 5.63. The molecule has 1 aliphatic carbocycles. The molecule has 1 N–H and O–H groups in total. The maximum Gasteiger partial charge on any atom is 0.119 e. The van der Waals surface area contributed by atoms with Crippen molar-refractivity contribution in [3.8, 4) is 5.75 Å². The van der Waals surface area contributed by atoms with Crippen molar-refractivity contribution in [3.05, 3.63) is 29.3 Å². The summed E-state index contributed by atoms with van der Waals surface area (Å²) < 4.78 is 5.61. The Labute approximate surface area is 115 Å². The Balaban J connectivity index is 1.92. The summed E-state index contributed by atoms with van der Waals surface area (Å²) in [5.74, 6) is 0.475. The smallest absolute Gasteiger partial charge is 0.119 e. The van der Waals surface area contributed by atoms with Gasteiger partial charge in [-0.15, -0.1) is 0 Å². The van der Waals surface area contributed by atoms with Gasteiger partial charge < -0.3 is 9.84 Å². The van der Waals surface area contributed by atoms with Crippen LogP contribution in [0.3, 0.4) is 0 Å². The van der Waals surface area contributed by atoms with E-state index in [-0.39, 0.29) is 0 Å². The number of ether oxygens (including phenoxy) is 1. The van der Waals surface area contributed by atoms with Gasteiger partial charge in [-0.2, -0.15) is 0 Å². The van der Waals surface area contributed by atoms with E-state index < -0.39 is 0 Å². The molecule has 3 heteroatoms. The topological polar surface area (TPSA) is 32.7 Å². The van der Waals surface area contributed by atoms with Gasteiger partial charge >= 0.3 is 0 Å². The van der Waals surface area contributed by atoms with Crippen molar-refractivity contribution in [1.29, 1.82) is 0 Å². The molecule has 1 saturated heterocycles. The van der Waals surface area contributed by atoms with Crippen molar-refractivity contribution < 1.29 is 9.84 Å². The first-order valence-corrected chi connectivity index (χ1v) is 7.45. The predicted molar refractivity (Wildman–Crippen MR) is 75.4 cm³/mol. The molecule has 0 amide bonds. The summed E-state index contributed by atoms with van der Waals surface area (Å²) in [6, 6.07) is 6.98. The van der Waals surface area contributed by atoms with Gasteiger partial charge in [-0.3, -0.25) is 4.90 Å². The van der Waals surface area contributed by atoms with E-state index in [2.05, 4.69) is 17.9 Å². The number of hydrogen-bond donors (Lipinski definition) is 1. The standard InChI is InChI=1S/C16H23NO2/c1-2-12-11-19-10-9-17(12)15-7-3-6-14-13(15)5-4-8-16(14)18/h4-5,8,12,15,18H,2-3,6-7,9-11H2,1H3. The van der Waals surface area contributed by atoms with Crippen molar-refractivity contribution in [2.24, 2.45) is 0 Å². The SMILES string of the molecule is CCC1COCCN1C1CCCc2c(O)cccc21. The van der Waals surface area contributed by atoms with Gasteiger partial charge in [0.05, 0.1) is 13.2 Å². The molecule has 1 aromatic carbocycles. The van der Waals surface area contributed by atoms with E-state index in [0.29, 0.717) is 17.8 Å². The van der Waals surface area contributed by atoms with E-state index >= 15 is 0 Å². The van der Waals surface area contributed by atoms with Crippen molar-refractivity contribution in [2.45, 2.75) is 44.7 Å². The fraction of sp³-hybridized carbons (Fsp3) is 0.625. The Morgan fingerprint density at radius 2 is 2.32 bits per heavy atom. The summed E-state index contributed by atoms with van der Waals surface area (Å²) in [5, 5.41) is 10.1. The van der Waals surface area contributed by atoms with Gasteiger partial charge in [-0.25, -0.2) is 0 Å². The highest BCUT2D eigenvalue weighted by Gasteiger charge is 2.32.